The summed E-state index contributed by atoms with van der Waals surface area (Å²) in [6.07, 6.45) is 2.03. The fourth-order valence-electron chi connectivity index (χ4n) is 3.93. The highest BCUT2D eigenvalue weighted by molar-refractivity contribution is 5.99. The lowest BCUT2D eigenvalue weighted by molar-refractivity contribution is -0.146. The van der Waals surface area contributed by atoms with Crippen LogP contribution in [0.1, 0.15) is 42.1 Å². The Morgan fingerprint density at radius 3 is 2.67 bits per heavy atom. The molecule has 4 atom stereocenters. The van der Waals surface area contributed by atoms with Crippen molar-refractivity contribution in [3.8, 4) is 11.8 Å². The molecule has 0 radical (unpaired) electrons. The van der Waals surface area contributed by atoms with Crippen molar-refractivity contribution in [2.45, 2.75) is 50.5 Å². The second-order valence-electron chi connectivity index (χ2n) is 7.92. The first-order valence-corrected chi connectivity index (χ1v) is 10.2. The molecule has 2 amide bonds. The van der Waals surface area contributed by atoms with Gasteiger partial charge >= 0.3 is 0 Å². The van der Waals surface area contributed by atoms with Crippen LogP contribution in [0.25, 0.3) is 0 Å². The summed E-state index contributed by atoms with van der Waals surface area (Å²) in [5.41, 5.74) is 0.595. The maximum atomic E-state index is 13.2. The Hall–Kier alpha value is -2.63. The summed E-state index contributed by atoms with van der Waals surface area (Å²) in [5, 5.41) is 9.27. The van der Waals surface area contributed by atoms with Gasteiger partial charge in [-0.3, -0.25) is 9.59 Å². The highest BCUT2D eigenvalue weighted by Gasteiger charge is 2.34. The lowest BCUT2D eigenvalue weighted by Crippen LogP contribution is -2.48. The molecule has 2 bridgehead atoms. The van der Waals surface area contributed by atoms with Crippen molar-refractivity contribution in [3.63, 3.8) is 0 Å². The van der Waals surface area contributed by atoms with Crippen molar-refractivity contribution in [2.75, 3.05) is 34.4 Å². The van der Waals surface area contributed by atoms with E-state index in [-0.39, 0.29) is 42.3 Å². The van der Waals surface area contributed by atoms with E-state index >= 15 is 0 Å². The van der Waals surface area contributed by atoms with Crippen LogP contribution in [-0.2, 0) is 14.3 Å². The van der Waals surface area contributed by atoms with Crippen LogP contribution in [0.4, 0.5) is 0 Å². The van der Waals surface area contributed by atoms with Gasteiger partial charge in [-0.05, 0) is 44.4 Å². The van der Waals surface area contributed by atoms with E-state index in [0.29, 0.717) is 24.3 Å². The number of rotatable bonds is 1. The molecule has 0 spiro atoms. The molecule has 1 saturated heterocycles. The minimum Gasteiger partial charge on any atom is -0.490 e. The molecule has 30 heavy (non-hydrogen) atoms. The molecular formula is C22H29N3O5. The fraction of sp³-hybridized carbons (Fsp3) is 0.591. The SMILES string of the molecule is CO[C@@H]1CC[C@H]2CCN(C)C(=O)[C@H](C)N(C)C(=O)c3cc(C#N)ccc3OC[C@H]1O2. The molecule has 1 aromatic rings. The number of ether oxygens (including phenoxy) is 3. The third-order valence-corrected chi connectivity index (χ3v) is 6.02. The number of amides is 2. The molecule has 8 heteroatoms. The number of methoxy groups -OCH3 is 1. The van der Waals surface area contributed by atoms with Crippen LogP contribution in [-0.4, -0.2) is 80.3 Å². The minimum absolute atomic E-state index is 0.0123. The van der Waals surface area contributed by atoms with E-state index in [0.717, 1.165) is 12.8 Å². The molecule has 0 saturated carbocycles. The predicted octanol–water partition coefficient (Wildman–Crippen LogP) is 1.82. The van der Waals surface area contributed by atoms with Crippen molar-refractivity contribution in [1.82, 2.24) is 9.80 Å². The molecule has 3 rings (SSSR count). The highest BCUT2D eigenvalue weighted by Crippen LogP contribution is 2.28. The predicted molar refractivity (Wildman–Crippen MR) is 109 cm³/mol. The Bertz CT molecular complexity index is 837. The van der Waals surface area contributed by atoms with Gasteiger partial charge in [-0.2, -0.15) is 5.26 Å². The number of hydrogen-bond acceptors (Lipinski definition) is 6. The van der Waals surface area contributed by atoms with E-state index in [1.807, 2.05) is 6.07 Å². The molecule has 1 fully saturated rings. The maximum Gasteiger partial charge on any atom is 0.258 e. The lowest BCUT2D eigenvalue weighted by atomic mass is 9.99. The third-order valence-electron chi connectivity index (χ3n) is 6.02. The summed E-state index contributed by atoms with van der Waals surface area (Å²) in [6, 6.07) is 6.12. The first-order chi connectivity index (χ1) is 14.3. The number of fused-ring (bicyclic) bond motifs is 3. The Kier molecular flexibility index (Phi) is 6.95. The van der Waals surface area contributed by atoms with Gasteiger partial charge in [0.25, 0.3) is 5.91 Å². The summed E-state index contributed by atoms with van der Waals surface area (Å²) in [5.74, 6) is -0.167. The first kappa shape index (κ1) is 22.1. The molecule has 2 aliphatic heterocycles. The number of likely N-dealkylation sites (N-methyl/N-ethyl adjacent to an activating group) is 2. The first-order valence-electron chi connectivity index (χ1n) is 10.2. The molecule has 0 unspecified atom stereocenters. The molecule has 1 aromatic carbocycles. The van der Waals surface area contributed by atoms with Gasteiger partial charge < -0.3 is 24.0 Å². The standard InChI is InChI=1S/C22H29N3O5/c1-14-21(26)24(2)10-9-16-6-8-19(28-4)20(30-16)13-29-18-7-5-15(12-23)11-17(18)22(27)25(14)3/h5,7,11,14,16,19-20H,6,8-10,13H2,1-4H3/t14-,16-,19+,20+/m0/s1. The van der Waals surface area contributed by atoms with Crippen LogP contribution >= 0.6 is 0 Å². The van der Waals surface area contributed by atoms with E-state index in [2.05, 4.69) is 0 Å². The quantitative estimate of drug-likeness (QED) is 0.695. The summed E-state index contributed by atoms with van der Waals surface area (Å²) >= 11 is 0. The normalized spacial score (nSPS) is 28.2. The average molecular weight is 415 g/mol. The van der Waals surface area contributed by atoms with E-state index in [4.69, 9.17) is 14.2 Å². The lowest BCUT2D eigenvalue weighted by Gasteiger charge is -2.37. The van der Waals surface area contributed by atoms with Gasteiger partial charge in [0.2, 0.25) is 5.91 Å². The van der Waals surface area contributed by atoms with Crippen molar-refractivity contribution in [3.05, 3.63) is 29.3 Å². The van der Waals surface area contributed by atoms with Gasteiger partial charge in [-0.15, -0.1) is 0 Å². The van der Waals surface area contributed by atoms with Gasteiger partial charge in [0, 0.05) is 27.7 Å². The minimum atomic E-state index is -0.651. The zero-order chi connectivity index (χ0) is 21.8. The zero-order valence-electron chi connectivity index (χ0n) is 18.0. The second-order valence-corrected chi connectivity index (χ2v) is 7.92. The van der Waals surface area contributed by atoms with Gasteiger partial charge in [-0.25, -0.2) is 0 Å². The summed E-state index contributed by atoms with van der Waals surface area (Å²) < 4.78 is 17.8. The molecule has 0 N–H and O–H groups in total. The van der Waals surface area contributed by atoms with Crippen LogP contribution in [0.15, 0.2) is 18.2 Å². The van der Waals surface area contributed by atoms with Crippen LogP contribution in [0.2, 0.25) is 0 Å². The maximum absolute atomic E-state index is 13.2. The van der Waals surface area contributed by atoms with Crippen LogP contribution in [0.5, 0.6) is 5.75 Å². The molecular weight excluding hydrogens is 386 g/mol. The number of nitrogens with zero attached hydrogens (tertiary/aromatic N) is 3. The average Bonchev–Trinajstić information content (AvgIpc) is 2.78. The van der Waals surface area contributed by atoms with E-state index < -0.39 is 6.04 Å². The largest absolute Gasteiger partial charge is 0.490 e. The van der Waals surface area contributed by atoms with Gasteiger partial charge in [0.15, 0.2) is 0 Å². The fourth-order valence-corrected chi connectivity index (χ4v) is 3.93. The number of nitriles is 1. The van der Waals surface area contributed by atoms with Gasteiger partial charge in [0.05, 0.1) is 29.4 Å². The second kappa shape index (κ2) is 9.45. The Morgan fingerprint density at radius 2 is 1.97 bits per heavy atom. The van der Waals surface area contributed by atoms with Crippen molar-refractivity contribution >= 4 is 11.8 Å². The Balaban J connectivity index is 1.98. The summed E-state index contributed by atoms with van der Waals surface area (Å²) in [4.78, 5) is 29.1. The molecule has 0 aromatic heterocycles. The molecule has 162 valence electrons. The summed E-state index contributed by atoms with van der Waals surface area (Å²) in [6.45, 7) is 2.47. The molecule has 0 aliphatic carbocycles. The molecule has 2 aliphatic rings. The van der Waals surface area contributed by atoms with E-state index in [1.165, 1.54) is 11.0 Å². The zero-order valence-corrected chi connectivity index (χ0v) is 18.0. The number of carbonyl (C=O) groups is 2. The van der Waals surface area contributed by atoms with E-state index in [9.17, 15) is 14.9 Å². The van der Waals surface area contributed by atoms with Gasteiger partial charge in [0.1, 0.15) is 24.5 Å². The monoisotopic (exact) mass is 415 g/mol. The Labute approximate surface area is 177 Å². The highest BCUT2D eigenvalue weighted by atomic mass is 16.6. The van der Waals surface area contributed by atoms with E-state index in [1.54, 1.807) is 45.2 Å². The number of benzene rings is 1. The summed E-state index contributed by atoms with van der Waals surface area (Å²) in [7, 11) is 4.98. The topological polar surface area (TPSA) is 92.1 Å². The van der Waals surface area contributed by atoms with Gasteiger partial charge in [-0.1, -0.05) is 0 Å². The number of carbonyl (C=O) groups excluding carboxylic acids is 2. The molecule has 8 nitrogen and oxygen atoms in total. The smallest absolute Gasteiger partial charge is 0.258 e. The Morgan fingerprint density at radius 1 is 1.20 bits per heavy atom. The van der Waals surface area contributed by atoms with Crippen LogP contribution in [0.3, 0.4) is 0 Å². The third kappa shape index (κ3) is 4.58. The van der Waals surface area contributed by atoms with Crippen LogP contribution in [0, 0.1) is 11.3 Å². The van der Waals surface area contributed by atoms with Crippen molar-refractivity contribution in [2.24, 2.45) is 0 Å². The van der Waals surface area contributed by atoms with Crippen molar-refractivity contribution in [1.29, 1.82) is 5.26 Å². The van der Waals surface area contributed by atoms with Crippen molar-refractivity contribution < 1.29 is 23.8 Å². The number of hydrogen-bond donors (Lipinski definition) is 0. The molecule has 2 heterocycles. The van der Waals surface area contributed by atoms with Crippen LogP contribution < -0.4 is 4.74 Å².